The molecule has 0 radical (unpaired) electrons. The number of hydrogen-bond donors (Lipinski definition) is 2. The molecule has 3 atom stereocenters. The molecule has 0 aromatic heterocycles. The van der Waals surface area contributed by atoms with Crippen LogP contribution in [0.15, 0.2) is 23.1 Å². The van der Waals surface area contributed by atoms with Crippen molar-refractivity contribution in [3.05, 3.63) is 23.2 Å². The number of anilines is 1. The highest BCUT2D eigenvalue weighted by Gasteiger charge is 2.30. The number of nitrogens with one attached hydrogen (secondary N) is 2. The summed E-state index contributed by atoms with van der Waals surface area (Å²) in [7, 11) is 0. The SMILES string of the molecule is CC1CCCCC1NC(=O)CC1Sc2ccc(Cl)cc2NC1=O. The number of halogens is 1. The molecule has 124 valence electrons. The number of carbonyl (C=O) groups is 2. The monoisotopic (exact) mass is 352 g/mol. The number of hydrogen-bond acceptors (Lipinski definition) is 3. The smallest absolute Gasteiger partial charge is 0.238 e. The molecule has 2 amide bonds. The molecule has 2 aliphatic rings. The number of rotatable bonds is 3. The molecule has 0 spiro atoms. The van der Waals surface area contributed by atoms with Crippen LogP contribution in [-0.2, 0) is 9.59 Å². The molecule has 3 rings (SSSR count). The largest absolute Gasteiger partial charge is 0.353 e. The van der Waals surface area contributed by atoms with E-state index in [0.29, 0.717) is 10.9 Å². The molecule has 1 saturated carbocycles. The van der Waals surface area contributed by atoms with Gasteiger partial charge in [-0.05, 0) is 37.0 Å². The topological polar surface area (TPSA) is 58.2 Å². The number of amides is 2. The molecule has 3 unspecified atom stereocenters. The Labute approximate surface area is 145 Å². The van der Waals surface area contributed by atoms with Gasteiger partial charge in [0.25, 0.3) is 0 Å². The maximum absolute atomic E-state index is 12.3. The Morgan fingerprint density at radius 1 is 1.39 bits per heavy atom. The van der Waals surface area contributed by atoms with Crippen LogP contribution in [0.4, 0.5) is 5.69 Å². The van der Waals surface area contributed by atoms with Gasteiger partial charge in [-0.25, -0.2) is 0 Å². The van der Waals surface area contributed by atoms with Gasteiger partial charge in [0.15, 0.2) is 0 Å². The molecule has 1 aliphatic carbocycles. The maximum Gasteiger partial charge on any atom is 0.238 e. The summed E-state index contributed by atoms with van der Waals surface area (Å²) < 4.78 is 0. The van der Waals surface area contributed by atoms with Gasteiger partial charge in [0, 0.05) is 22.4 Å². The van der Waals surface area contributed by atoms with Crippen molar-refractivity contribution in [2.24, 2.45) is 5.92 Å². The number of fused-ring (bicyclic) bond motifs is 1. The average Bonchev–Trinajstić information content (AvgIpc) is 2.50. The highest BCUT2D eigenvalue weighted by atomic mass is 35.5. The Morgan fingerprint density at radius 2 is 2.17 bits per heavy atom. The molecular formula is C17H21ClN2O2S. The molecule has 1 aromatic rings. The Hall–Kier alpha value is -1.20. The van der Waals surface area contributed by atoms with Crippen molar-refractivity contribution in [1.29, 1.82) is 0 Å². The van der Waals surface area contributed by atoms with Gasteiger partial charge in [0.1, 0.15) is 0 Å². The zero-order valence-electron chi connectivity index (χ0n) is 13.1. The van der Waals surface area contributed by atoms with Crippen molar-refractivity contribution < 1.29 is 9.59 Å². The zero-order valence-corrected chi connectivity index (χ0v) is 14.7. The third kappa shape index (κ3) is 4.01. The highest BCUT2D eigenvalue weighted by molar-refractivity contribution is 8.01. The molecule has 1 fully saturated rings. The lowest BCUT2D eigenvalue weighted by Gasteiger charge is -2.30. The first kappa shape index (κ1) is 16.7. The van der Waals surface area contributed by atoms with Gasteiger partial charge in [-0.1, -0.05) is 31.4 Å². The first-order valence-electron chi connectivity index (χ1n) is 8.09. The predicted molar refractivity (Wildman–Crippen MR) is 93.9 cm³/mol. The van der Waals surface area contributed by atoms with E-state index in [0.717, 1.165) is 23.4 Å². The normalized spacial score (nSPS) is 27.0. The van der Waals surface area contributed by atoms with Gasteiger partial charge in [-0.3, -0.25) is 9.59 Å². The van der Waals surface area contributed by atoms with Crippen LogP contribution in [-0.4, -0.2) is 23.1 Å². The van der Waals surface area contributed by atoms with E-state index >= 15 is 0 Å². The van der Waals surface area contributed by atoms with Crippen LogP contribution in [0, 0.1) is 5.92 Å². The van der Waals surface area contributed by atoms with Crippen molar-refractivity contribution in [3.63, 3.8) is 0 Å². The van der Waals surface area contributed by atoms with Crippen molar-refractivity contribution in [3.8, 4) is 0 Å². The van der Waals surface area contributed by atoms with Crippen LogP contribution < -0.4 is 10.6 Å². The Bertz CT molecular complexity index is 623. The molecular weight excluding hydrogens is 332 g/mol. The van der Waals surface area contributed by atoms with Crippen molar-refractivity contribution in [2.45, 2.75) is 55.2 Å². The summed E-state index contributed by atoms with van der Waals surface area (Å²) in [5.74, 6) is 0.355. The number of thioether (sulfide) groups is 1. The Kier molecular flexibility index (Phi) is 5.17. The quantitative estimate of drug-likeness (QED) is 0.869. The molecule has 1 aliphatic heterocycles. The van der Waals surface area contributed by atoms with E-state index in [2.05, 4.69) is 17.6 Å². The fraction of sp³-hybridized carbons (Fsp3) is 0.529. The molecule has 1 aromatic carbocycles. The first-order valence-corrected chi connectivity index (χ1v) is 9.35. The highest BCUT2D eigenvalue weighted by Crippen LogP contribution is 2.38. The van der Waals surface area contributed by atoms with Crippen molar-refractivity contribution in [1.82, 2.24) is 5.32 Å². The number of carbonyl (C=O) groups excluding carboxylic acids is 2. The third-order valence-corrected chi connectivity index (χ3v) is 6.10. The second-order valence-electron chi connectivity index (χ2n) is 6.38. The van der Waals surface area contributed by atoms with Crippen LogP contribution >= 0.6 is 23.4 Å². The lowest BCUT2D eigenvalue weighted by atomic mass is 9.86. The minimum Gasteiger partial charge on any atom is -0.353 e. The van der Waals surface area contributed by atoms with E-state index in [1.165, 1.54) is 24.6 Å². The summed E-state index contributed by atoms with van der Waals surface area (Å²) in [5.41, 5.74) is 0.727. The fourth-order valence-electron chi connectivity index (χ4n) is 3.22. The summed E-state index contributed by atoms with van der Waals surface area (Å²) in [4.78, 5) is 25.5. The van der Waals surface area contributed by atoms with Gasteiger partial charge < -0.3 is 10.6 Å². The first-order chi connectivity index (χ1) is 11.0. The molecule has 6 heteroatoms. The van der Waals surface area contributed by atoms with Crippen molar-refractivity contribution in [2.75, 3.05) is 5.32 Å². The lowest BCUT2D eigenvalue weighted by Crippen LogP contribution is -2.43. The minimum absolute atomic E-state index is 0.0335. The maximum atomic E-state index is 12.3. The third-order valence-electron chi connectivity index (χ3n) is 4.59. The summed E-state index contributed by atoms with van der Waals surface area (Å²) >= 11 is 7.38. The average molecular weight is 353 g/mol. The standard InChI is InChI=1S/C17H21ClN2O2S/c1-10-4-2-3-5-12(10)19-16(21)9-15-17(22)20-13-8-11(18)6-7-14(13)23-15/h6-8,10,12,15H,2-5,9H2,1H3,(H,19,21)(H,20,22). The zero-order chi connectivity index (χ0) is 16.4. The second-order valence-corrected chi connectivity index (χ2v) is 8.06. The lowest BCUT2D eigenvalue weighted by molar-refractivity contribution is -0.125. The van der Waals surface area contributed by atoms with E-state index in [1.807, 2.05) is 6.07 Å². The summed E-state index contributed by atoms with van der Waals surface area (Å²) in [6.45, 7) is 2.19. The van der Waals surface area contributed by atoms with E-state index < -0.39 is 0 Å². The minimum atomic E-state index is -0.387. The molecule has 0 saturated heterocycles. The Morgan fingerprint density at radius 3 is 2.96 bits per heavy atom. The van der Waals surface area contributed by atoms with Crippen molar-refractivity contribution >= 4 is 40.9 Å². The van der Waals surface area contributed by atoms with Gasteiger partial charge in [-0.2, -0.15) is 0 Å². The van der Waals surface area contributed by atoms with E-state index in [1.54, 1.807) is 12.1 Å². The van der Waals surface area contributed by atoms with Gasteiger partial charge in [0.05, 0.1) is 10.9 Å². The summed E-state index contributed by atoms with van der Waals surface area (Å²) in [6, 6.07) is 5.67. The number of benzene rings is 1. The van der Waals surface area contributed by atoms with Gasteiger partial charge in [0.2, 0.25) is 11.8 Å². The molecule has 1 heterocycles. The molecule has 2 N–H and O–H groups in total. The Balaban J connectivity index is 1.60. The van der Waals surface area contributed by atoms with E-state index in [4.69, 9.17) is 11.6 Å². The fourth-order valence-corrected chi connectivity index (χ4v) is 4.48. The van der Waals surface area contributed by atoms with Gasteiger partial charge >= 0.3 is 0 Å². The molecule has 0 bridgehead atoms. The van der Waals surface area contributed by atoms with Crippen LogP contribution in [0.5, 0.6) is 0 Å². The van der Waals surface area contributed by atoms with E-state index in [-0.39, 0.29) is 29.5 Å². The predicted octanol–water partition coefficient (Wildman–Crippen LogP) is 3.84. The summed E-state index contributed by atoms with van der Waals surface area (Å²) in [5, 5.41) is 6.16. The molecule has 23 heavy (non-hydrogen) atoms. The van der Waals surface area contributed by atoms with Crippen LogP contribution in [0.1, 0.15) is 39.0 Å². The van der Waals surface area contributed by atoms with Crippen LogP contribution in [0.25, 0.3) is 0 Å². The second kappa shape index (κ2) is 7.14. The van der Waals surface area contributed by atoms with E-state index in [9.17, 15) is 9.59 Å². The molecule has 4 nitrogen and oxygen atoms in total. The van der Waals surface area contributed by atoms with Crippen LogP contribution in [0.2, 0.25) is 5.02 Å². The van der Waals surface area contributed by atoms with Crippen LogP contribution in [0.3, 0.4) is 0 Å². The van der Waals surface area contributed by atoms with Gasteiger partial charge in [-0.15, -0.1) is 11.8 Å². The summed E-state index contributed by atoms with van der Waals surface area (Å²) in [6.07, 6.45) is 4.83.